The van der Waals surface area contributed by atoms with Crippen LogP contribution < -0.4 is 10.2 Å². The second-order valence-corrected chi connectivity index (χ2v) is 7.04. The Balaban J connectivity index is 1.62. The van der Waals surface area contributed by atoms with Gasteiger partial charge in [-0.3, -0.25) is 9.59 Å². The van der Waals surface area contributed by atoms with Crippen LogP contribution in [0, 0.1) is 0 Å². The highest BCUT2D eigenvalue weighted by atomic mass is 16.5. The van der Waals surface area contributed by atoms with Crippen LogP contribution in [0.25, 0.3) is 0 Å². The third kappa shape index (κ3) is 2.42. The minimum absolute atomic E-state index is 0.0696. The molecule has 2 aromatic rings. The molecule has 27 heavy (non-hydrogen) atoms. The summed E-state index contributed by atoms with van der Waals surface area (Å²) in [5.74, 6) is -0.104. The average molecular weight is 368 g/mol. The number of ether oxygens (including phenoxy) is 3. The number of hydrogen-bond acceptors (Lipinski definition) is 5. The zero-order valence-corrected chi connectivity index (χ0v) is 15.0. The van der Waals surface area contributed by atoms with Gasteiger partial charge >= 0.3 is 0 Å². The van der Waals surface area contributed by atoms with Crippen LogP contribution in [-0.2, 0) is 16.1 Å². The van der Waals surface area contributed by atoms with Gasteiger partial charge in [-0.25, -0.2) is 0 Å². The van der Waals surface area contributed by atoms with Crippen LogP contribution in [0.1, 0.15) is 40.3 Å². The average Bonchev–Trinajstić information content (AvgIpc) is 3.30. The van der Waals surface area contributed by atoms with E-state index in [1.165, 1.54) is 6.07 Å². The molecule has 3 aliphatic rings. The van der Waals surface area contributed by atoms with Gasteiger partial charge < -0.3 is 23.7 Å². The Morgan fingerprint density at radius 3 is 2.81 bits per heavy atom. The van der Waals surface area contributed by atoms with Crippen LogP contribution in [0.4, 0.5) is 0 Å². The first-order valence-corrected chi connectivity index (χ1v) is 9.10. The smallest absolute Gasteiger partial charge is 0.276 e. The second-order valence-electron chi connectivity index (χ2n) is 7.04. The molecule has 1 amide bonds. The highest BCUT2D eigenvalue weighted by molar-refractivity contribution is 5.96. The number of aromatic nitrogens is 1. The minimum Gasteiger partial charge on any atom is -0.483 e. The van der Waals surface area contributed by atoms with E-state index in [0.717, 1.165) is 11.3 Å². The molecule has 1 aromatic heterocycles. The van der Waals surface area contributed by atoms with Crippen molar-refractivity contribution in [2.75, 3.05) is 20.3 Å². The Morgan fingerprint density at radius 2 is 2.04 bits per heavy atom. The van der Waals surface area contributed by atoms with Crippen molar-refractivity contribution in [2.45, 2.75) is 31.4 Å². The predicted octanol–water partition coefficient (Wildman–Crippen LogP) is 1.87. The number of hydrogen-bond donors (Lipinski definition) is 0. The lowest BCUT2D eigenvalue weighted by molar-refractivity contribution is -0.0190. The SMILES string of the molecule is COC1CC2C3OCCN3C(=O)c3c(OCc4ccccc4)c(=O)cc1n32. The van der Waals surface area contributed by atoms with Gasteiger partial charge in [0.15, 0.2) is 17.7 Å². The lowest BCUT2D eigenvalue weighted by Crippen LogP contribution is -2.48. The third-order valence-corrected chi connectivity index (χ3v) is 5.59. The molecular formula is C20H20N2O5. The van der Waals surface area contributed by atoms with E-state index in [4.69, 9.17) is 14.2 Å². The number of fused-ring (bicyclic) bond motifs is 2. The van der Waals surface area contributed by atoms with Crippen LogP contribution in [0.5, 0.6) is 5.75 Å². The van der Waals surface area contributed by atoms with Gasteiger partial charge in [-0.1, -0.05) is 30.3 Å². The molecule has 0 N–H and O–H groups in total. The quantitative estimate of drug-likeness (QED) is 0.824. The number of carbonyl (C=O) groups excluding carboxylic acids is 1. The van der Waals surface area contributed by atoms with E-state index in [2.05, 4.69) is 0 Å². The molecule has 7 nitrogen and oxygen atoms in total. The number of nitrogens with zero attached hydrogens (tertiary/aromatic N) is 2. The second kappa shape index (κ2) is 6.21. The Labute approximate surface area is 156 Å². The molecular weight excluding hydrogens is 348 g/mol. The van der Waals surface area contributed by atoms with Crippen molar-refractivity contribution >= 4 is 5.91 Å². The van der Waals surface area contributed by atoms with E-state index < -0.39 is 0 Å². The number of pyridine rings is 1. The zero-order chi connectivity index (χ0) is 18.5. The summed E-state index contributed by atoms with van der Waals surface area (Å²) in [5, 5.41) is 0. The molecule has 0 bridgehead atoms. The summed E-state index contributed by atoms with van der Waals surface area (Å²) in [5.41, 5.74) is 1.69. The first-order valence-electron chi connectivity index (χ1n) is 9.10. The highest BCUT2D eigenvalue weighted by Crippen LogP contribution is 2.46. The van der Waals surface area contributed by atoms with E-state index in [1.807, 2.05) is 34.9 Å². The van der Waals surface area contributed by atoms with Crippen LogP contribution in [0.3, 0.4) is 0 Å². The van der Waals surface area contributed by atoms with Gasteiger partial charge in [0.1, 0.15) is 6.61 Å². The van der Waals surface area contributed by atoms with E-state index in [-0.39, 0.29) is 42.1 Å². The van der Waals surface area contributed by atoms with Crippen molar-refractivity contribution in [2.24, 2.45) is 0 Å². The summed E-state index contributed by atoms with van der Waals surface area (Å²) >= 11 is 0. The maximum atomic E-state index is 13.2. The van der Waals surface area contributed by atoms with Crippen molar-refractivity contribution in [1.82, 2.24) is 9.47 Å². The Hall–Kier alpha value is -2.64. The predicted molar refractivity (Wildman–Crippen MR) is 95.7 cm³/mol. The van der Waals surface area contributed by atoms with Gasteiger partial charge in [0.05, 0.1) is 24.4 Å². The Morgan fingerprint density at radius 1 is 1.22 bits per heavy atom. The van der Waals surface area contributed by atoms with E-state index in [0.29, 0.717) is 25.3 Å². The van der Waals surface area contributed by atoms with Crippen molar-refractivity contribution in [3.63, 3.8) is 0 Å². The molecule has 0 spiro atoms. The minimum atomic E-state index is -0.312. The molecule has 1 saturated heterocycles. The molecule has 3 unspecified atom stereocenters. The molecule has 3 aliphatic heterocycles. The monoisotopic (exact) mass is 368 g/mol. The molecule has 1 aromatic carbocycles. The molecule has 0 aliphatic carbocycles. The molecule has 7 heteroatoms. The lowest BCUT2D eigenvalue weighted by Gasteiger charge is -2.36. The van der Waals surface area contributed by atoms with Gasteiger partial charge in [0.25, 0.3) is 5.91 Å². The number of rotatable bonds is 4. The van der Waals surface area contributed by atoms with Crippen molar-refractivity contribution in [3.8, 4) is 5.75 Å². The summed E-state index contributed by atoms with van der Waals surface area (Å²) < 4.78 is 19.2. The molecule has 1 fully saturated rings. The number of methoxy groups -OCH3 is 1. The van der Waals surface area contributed by atoms with Crippen molar-refractivity contribution < 1.29 is 19.0 Å². The first-order chi connectivity index (χ1) is 13.2. The van der Waals surface area contributed by atoms with Gasteiger partial charge in [-0.2, -0.15) is 0 Å². The van der Waals surface area contributed by atoms with Crippen LogP contribution >= 0.6 is 0 Å². The molecule has 5 rings (SSSR count). The van der Waals surface area contributed by atoms with E-state index >= 15 is 0 Å². The zero-order valence-electron chi connectivity index (χ0n) is 15.0. The summed E-state index contributed by atoms with van der Waals surface area (Å²) in [6.07, 6.45) is 0.120. The largest absolute Gasteiger partial charge is 0.483 e. The number of amides is 1. The molecule has 4 heterocycles. The Bertz CT molecular complexity index is 955. The normalized spacial score (nSPS) is 25.4. The fourth-order valence-electron chi connectivity index (χ4n) is 4.37. The van der Waals surface area contributed by atoms with Gasteiger partial charge in [0.2, 0.25) is 5.43 Å². The fraction of sp³-hybridized carbons (Fsp3) is 0.400. The lowest BCUT2D eigenvalue weighted by atomic mass is 10.1. The van der Waals surface area contributed by atoms with Crippen molar-refractivity contribution in [1.29, 1.82) is 0 Å². The van der Waals surface area contributed by atoms with Crippen LogP contribution in [0.2, 0.25) is 0 Å². The summed E-state index contributed by atoms with van der Waals surface area (Å²) in [4.78, 5) is 27.7. The van der Waals surface area contributed by atoms with Crippen LogP contribution in [0.15, 0.2) is 41.2 Å². The van der Waals surface area contributed by atoms with Gasteiger partial charge in [0, 0.05) is 26.1 Å². The van der Waals surface area contributed by atoms with E-state index in [9.17, 15) is 9.59 Å². The maximum Gasteiger partial charge on any atom is 0.276 e. The Kier molecular flexibility index (Phi) is 3.80. The molecule has 0 saturated carbocycles. The fourth-order valence-corrected chi connectivity index (χ4v) is 4.37. The topological polar surface area (TPSA) is 70.0 Å². The standard InChI is InChI=1S/C20H20N2O5/c1-25-16-10-14-20-21(7-8-26-20)19(24)17-18(15(23)9-13(16)22(14)17)27-11-12-5-3-2-4-6-12/h2-6,9,14,16,20H,7-8,10-11H2,1H3. The number of carbonyl (C=O) groups is 1. The first kappa shape index (κ1) is 16.5. The van der Waals surface area contributed by atoms with Gasteiger partial charge in [-0.05, 0) is 5.56 Å². The van der Waals surface area contributed by atoms with Gasteiger partial charge in [-0.15, -0.1) is 0 Å². The maximum absolute atomic E-state index is 13.2. The molecule has 0 radical (unpaired) electrons. The molecule has 3 atom stereocenters. The van der Waals surface area contributed by atoms with Crippen LogP contribution in [-0.4, -0.2) is 41.9 Å². The summed E-state index contributed by atoms with van der Waals surface area (Å²) in [6.45, 7) is 1.25. The molecule has 140 valence electrons. The summed E-state index contributed by atoms with van der Waals surface area (Å²) in [6, 6.07) is 11.1. The van der Waals surface area contributed by atoms with Crippen molar-refractivity contribution in [3.05, 3.63) is 63.6 Å². The third-order valence-electron chi connectivity index (χ3n) is 5.59. The van der Waals surface area contributed by atoms with E-state index in [1.54, 1.807) is 12.0 Å². The summed E-state index contributed by atoms with van der Waals surface area (Å²) in [7, 11) is 1.62. The highest BCUT2D eigenvalue weighted by Gasteiger charge is 2.50. The number of benzene rings is 1.